The molecule has 2 N–H and O–H groups in total. The SMILES string of the molecule is CC(C)(c1ccc(OCC(O)CO[c-]2cccc2)cc1)c1ccc(OCC(O)CO[c-]2cccc2)cc1.[Fe+2].[Fe+2].c1cc[cH-]c1.c1cc[cH-]c1. The molecule has 0 spiro atoms. The average molecular weight is 744 g/mol. The van der Waals surface area contributed by atoms with Crippen LogP contribution in [0.5, 0.6) is 23.0 Å². The van der Waals surface area contributed by atoms with Crippen molar-refractivity contribution in [2.75, 3.05) is 26.4 Å². The van der Waals surface area contributed by atoms with Gasteiger partial charge < -0.3 is 29.2 Å². The normalized spacial score (nSPS) is 11.5. The van der Waals surface area contributed by atoms with Gasteiger partial charge in [-0.25, -0.2) is 48.5 Å². The van der Waals surface area contributed by atoms with Crippen LogP contribution in [0.4, 0.5) is 0 Å². The minimum absolute atomic E-state index is 0. The third-order valence-corrected chi connectivity index (χ3v) is 7.30. The van der Waals surface area contributed by atoms with Crippen LogP contribution in [-0.2, 0) is 39.6 Å². The van der Waals surface area contributed by atoms with E-state index in [0.29, 0.717) is 11.5 Å². The third kappa shape index (κ3) is 15.0. The maximum absolute atomic E-state index is 10.1. The summed E-state index contributed by atoms with van der Waals surface area (Å²) in [7, 11) is 0. The predicted molar refractivity (Wildman–Crippen MR) is 187 cm³/mol. The van der Waals surface area contributed by atoms with Crippen LogP contribution >= 0.6 is 0 Å². The van der Waals surface area contributed by atoms with Gasteiger partial charge in [0.2, 0.25) is 0 Å². The molecular formula is C41H44Fe2O6. The number of rotatable bonds is 14. The zero-order chi connectivity index (χ0) is 33.2. The molecular weight excluding hydrogens is 700 g/mol. The Morgan fingerprint density at radius 2 is 0.857 bits per heavy atom. The minimum Gasteiger partial charge on any atom is -0.548 e. The van der Waals surface area contributed by atoms with E-state index in [-0.39, 0.29) is 66.0 Å². The molecule has 0 radical (unpaired) electrons. The average Bonchev–Trinajstić information content (AvgIpc) is 3.94. The Labute approximate surface area is 311 Å². The Bertz CT molecular complexity index is 1400. The van der Waals surface area contributed by atoms with Crippen molar-refractivity contribution in [3.63, 3.8) is 0 Å². The molecule has 0 bridgehead atoms. The molecule has 0 aliphatic carbocycles. The van der Waals surface area contributed by atoms with Crippen LogP contribution in [0, 0.1) is 0 Å². The molecule has 2 unspecified atom stereocenters. The van der Waals surface area contributed by atoms with Crippen molar-refractivity contribution in [3.05, 3.63) is 169 Å². The van der Waals surface area contributed by atoms with Gasteiger partial charge in [0.1, 0.15) is 50.1 Å². The standard InChI is InChI=1S/C31H34O6.2C5H5.2Fe/c1-31(2,23-11-15-29(16-12-23)36-21-25(32)19-34-27-7-3-4-8-27)24-13-17-30(18-14-24)37-22-26(33)20-35-28-9-5-6-10-28;2*1-2-4-5-3-1;;/h3-18,25-26,32-33H,19-22H2,1-2H3;2*1-5H;;/q-2;2*-1;2*+2. The van der Waals surface area contributed by atoms with E-state index in [1.165, 1.54) is 0 Å². The summed E-state index contributed by atoms with van der Waals surface area (Å²) in [6.07, 6.45) is -1.44. The maximum Gasteiger partial charge on any atom is 2.00 e. The first kappa shape index (κ1) is 41.2. The van der Waals surface area contributed by atoms with E-state index in [0.717, 1.165) is 22.6 Å². The topological polar surface area (TPSA) is 77.4 Å². The van der Waals surface area contributed by atoms with Gasteiger partial charge in [0.25, 0.3) is 0 Å². The Hall–Kier alpha value is -4.00. The van der Waals surface area contributed by atoms with E-state index in [1.54, 1.807) is 0 Å². The molecule has 260 valence electrons. The molecule has 0 fully saturated rings. The second-order valence-corrected chi connectivity index (χ2v) is 11.4. The van der Waals surface area contributed by atoms with Gasteiger partial charge >= 0.3 is 34.1 Å². The number of benzene rings is 2. The maximum atomic E-state index is 10.1. The predicted octanol–water partition coefficient (Wildman–Crippen LogP) is 7.89. The third-order valence-electron chi connectivity index (χ3n) is 7.30. The summed E-state index contributed by atoms with van der Waals surface area (Å²) in [5.41, 5.74) is 2.03. The van der Waals surface area contributed by atoms with E-state index >= 15 is 0 Å². The molecule has 2 atom stereocenters. The van der Waals surface area contributed by atoms with Gasteiger partial charge in [-0.15, -0.1) is 24.3 Å². The quantitative estimate of drug-likeness (QED) is 0.0874. The van der Waals surface area contributed by atoms with E-state index in [4.69, 9.17) is 18.9 Å². The van der Waals surface area contributed by atoms with Gasteiger partial charge in [0.15, 0.2) is 0 Å². The molecule has 0 saturated heterocycles. The smallest absolute Gasteiger partial charge is 0.548 e. The summed E-state index contributed by atoms with van der Waals surface area (Å²) in [6, 6.07) is 50.8. The molecule has 6 aromatic carbocycles. The number of hydrogen-bond acceptors (Lipinski definition) is 6. The van der Waals surface area contributed by atoms with Crippen molar-refractivity contribution in [1.29, 1.82) is 0 Å². The first-order valence-electron chi connectivity index (χ1n) is 15.8. The number of aliphatic hydroxyl groups is 2. The summed E-state index contributed by atoms with van der Waals surface area (Å²) in [5, 5.41) is 20.2. The first-order valence-corrected chi connectivity index (χ1v) is 15.8. The van der Waals surface area contributed by atoms with E-state index in [1.807, 2.05) is 158 Å². The molecule has 0 saturated carbocycles. The number of aliphatic hydroxyl groups excluding tert-OH is 2. The van der Waals surface area contributed by atoms with Gasteiger partial charge in [-0.3, -0.25) is 0 Å². The van der Waals surface area contributed by atoms with Gasteiger partial charge in [-0.2, -0.15) is 36.4 Å². The van der Waals surface area contributed by atoms with E-state index in [9.17, 15) is 10.2 Å². The first-order chi connectivity index (χ1) is 22.9. The zero-order valence-corrected chi connectivity index (χ0v) is 29.9. The fourth-order valence-electron chi connectivity index (χ4n) is 4.51. The Kier molecular flexibility index (Phi) is 19.0. The summed E-state index contributed by atoms with van der Waals surface area (Å²) < 4.78 is 22.5. The molecule has 6 aromatic rings. The van der Waals surface area contributed by atoms with Crippen LogP contribution in [0.1, 0.15) is 25.0 Å². The fraction of sp³-hybridized carbons (Fsp3) is 0.220. The molecule has 0 aromatic heterocycles. The molecule has 0 amide bonds. The number of hydrogen-bond donors (Lipinski definition) is 2. The Balaban J connectivity index is 0.000000593. The second kappa shape index (κ2) is 22.6. The van der Waals surface area contributed by atoms with Crippen LogP contribution in [0.2, 0.25) is 0 Å². The monoisotopic (exact) mass is 744 g/mol. The molecule has 6 nitrogen and oxygen atoms in total. The molecule has 49 heavy (non-hydrogen) atoms. The number of ether oxygens (including phenoxy) is 4. The van der Waals surface area contributed by atoms with Crippen LogP contribution < -0.4 is 18.9 Å². The largest absolute Gasteiger partial charge is 2.00 e. The van der Waals surface area contributed by atoms with Crippen LogP contribution in [0.15, 0.2) is 158 Å². The van der Waals surface area contributed by atoms with Gasteiger partial charge in [0.05, 0.1) is 0 Å². The van der Waals surface area contributed by atoms with E-state index < -0.39 is 12.2 Å². The Morgan fingerprint density at radius 1 is 0.531 bits per heavy atom. The van der Waals surface area contributed by atoms with Gasteiger partial charge in [-0.05, 0) is 35.4 Å². The summed E-state index contributed by atoms with van der Waals surface area (Å²) >= 11 is 0. The van der Waals surface area contributed by atoms with Gasteiger partial charge in [0, 0.05) is 16.9 Å². The van der Waals surface area contributed by atoms with Crippen LogP contribution in [-0.4, -0.2) is 48.8 Å². The summed E-state index contributed by atoms with van der Waals surface area (Å²) in [6.45, 7) is 4.98. The zero-order valence-electron chi connectivity index (χ0n) is 27.7. The minimum atomic E-state index is -0.721. The van der Waals surface area contributed by atoms with Crippen molar-refractivity contribution in [2.24, 2.45) is 0 Å². The van der Waals surface area contributed by atoms with Crippen molar-refractivity contribution < 1.29 is 63.3 Å². The Morgan fingerprint density at radius 3 is 1.14 bits per heavy atom. The molecule has 6 rings (SSSR count). The van der Waals surface area contributed by atoms with Crippen molar-refractivity contribution in [3.8, 4) is 23.0 Å². The van der Waals surface area contributed by atoms with Gasteiger partial charge in [-0.1, -0.05) is 38.1 Å². The molecule has 0 heterocycles. The van der Waals surface area contributed by atoms with Crippen molar-refractivity contribution >= 4 is 0 Å². The molecule has 0 aliphatic rings. The van der Waals surface area contributed by atoms with Crippen molar-refractivity contribution in [1.82, 2.24) is 0 Å². The fourth-order valence-corrected chi connectivity index (χ4v) is 4.51. The second-order valence-electron chi connectivity index (χ2n) is 11.4. The summed E-state index contributed by atoms with van der Waals surface area (Å²) in [5.74, 6) is 2.86. The van der Waals surface area contributed by atoms with Crippen LogP contribution in [0.25, 0.3) is 0 Å². The molecule has 0 aliphatic heterocycles. The van der Waals surface area contributed by atoms with Crippen molar-refractivity contribution in [2.45, 2.75) is 31.5 Å². The molecule has 8 heteroatoms. The van der Waals surface area contributed by atoms with Crippen LogP contribution in [0.3, 0.4) is 0 Å². The van der Waals surface area contributed by atoms with E-state index in [2.05, 4.69) is 13.8 Å². The summed E-state index contributed by atoms with van der Waals surface area (Å²) in [4.78, 5) is 0.